The van der Waals surface area contributed by atoms with E-state index in [2.05, 4.69) is 140 Å². The Morgan fingerprint density at radius 2 is 1.06 bits per heavy atom. The minimum absolute atomic E-state index is 0.965. The van der Waals surface area contributed by atoms with Gasteiger partial charge in [-0.15, -0.1) is 0 Å². The summed E-state index contributed by atoms with van der Waals surface area (Å²) >= 11 is 0. The monoisotopic (exact) mass is 468 g/mol. The van der Waals surface area contributed by atoms with Crippen LogP contribution in [0.3, 0.4) is 0 Å². The van der Waals surface area contributed by atoms with Crippen LogP contribution in [0.4, 0.5) is 0 Å². The van der Waals surface area contributed by atoms with E-state index < -0.39 is 6.83 Å². The zero-order chi connectivity index (χ0) is 23.5. The number of benzene rings is 5. The molecule has 0 aromatic heterocycles. The van der Waals surface area contributed by atoms with Crippen LogP contribution >= 0.6 is 6.83 Å². The number of para-hydroxylation sites is 1. The molecule has 0 radical (unpaired) electrons. The molecular formula is C33H25OP. The molecule has 1 nitrogen and oxygen atoms in total. The molecule has 0 N–H and O–H groups in total. The standard InChI is InChI=1S/C33H25OP/c1-24-20-22-25(23-21-24)32-29-17-9-11-19-31(29)35(26-12-4-2-5-13-26,27-14-6-3-7-15-27)33(32)28-16-8-10-18-30(28)34-35/h2-23H,1H3. The topological polar surface area (TPSA) is 9.23 Å². The summed E-state index contributed by atoms with van der Waals surface area (Å²) in [5, 5.41) is 5.10. The Balaban J connectivity index is 1.77. The zero-order valence-corrected chi connectivity index (χ0v) is 20.5. The van der Waals surface area contributed by atoms with Crippen LogP contribution in [0.5, 0.6) is 5.75 Å². The molecule has 2 aliphatic rings. The van der Waals surface area contributed by atoms with Crippen molar-refractivity contribution in [3.8, 4) is 5.75 Å². The van der Waals surface area contributed by atoms with Crippen LogP contribution in [-0.4, -0.2) is 0 Å². The second-order valence-corrected chi connectivity index (χ2v) is 13.6. The SMILES string of the molecule is Cc1ccc(C2=C3c4ccccc4OP3(c3ccccc3)(c3ccccc3)c3ccccc32)cc1. The molecule has 0 spiro atoms. The van der Waals surface area contributed by atoms with E-state index >= 15 is 0 Å². The van der Waals surface area contributed by atoms with Crippen LogP contribution in [0.2, 0.25) is 0 Å². The number of hydrogen-bond acceptors (Lipinski definition) is 1. The van der Waals surface area contributed by atoms with Gasteiger partial charge in [0.2, 0.25) is 0 Å². The Labute approximate surface area is 206 Å². The van der Waals surface area contributed by atoms with Crippen LogP contribution < -0.4 is 20.4 Å². The van der Waals surface area contributed by atoms with Crippen LogP contribution in [-0.2, 0) is 0 Å². The molecule has 0 bridgehead atoms. The number of hydrogen-bond donors (Lipinski definition) is 0. The van der Waals surface area contributed by atoms with Gasteiger partial charge in [-0.05, 0) is 0 Å². The van der Waals surface area contributed by atoms with Gasteiger partial charge in [-0.3, -0.25) is 0 Å². The fourth-order valence-electron chi connectivity index (χ4n) is 6.14. The molecule has 0 aliphatic carbocycles. The summed E-state index contributed by atoms with van der Waals surface area (Å²) in [7, 11) is 0. The van der Waals surface area contributed by atoms with Crippen LogP contribution in [0.15, 0.2) is 133 Å². The van der Waals surface area contributed by atoms with E-state index in [1.807, 2.05) is 0 Å². The van der Waals surface area contributed by atoms with Crippen molar-refractivity contribution in [2.45, 2.75) is 6.92 Å². The summed E-state index contributed by atoms with van der Waals surface area (Å²) < 4.78 is 7.55. The second kappa shape index (κ2) is 7.28. The van der Waals surface area contributed by atoms with Crippen LogP contribution in [0.25, 0.3) is 10.9 Å². The van der Waals surface area contributed by atoms with E-state index in [0.29, 0.717) is 0 Å². The van der Waals surface area contributed by atoms with Crippen LogP contribution in [0.1, 0.15) is 22.3 Å². The van der Waals surface area contributed by atoms with Crippen molar-refractivity contribution in [2.75, 3.05) is 0 Å². The van der Waals surface area contributed by atoms with Crippen molar-refractivity contribution in [2.24, 2.45) is 0 Å². The van der Waals surface area contributed by atoms with Gasteiger partial charge < -0.3 is 0 Å². The van der Waals surface area contributed by atoms with E-state index in [4.69, 9.17) is 4.52 Å². The molecule has 35 heavy (non-hydrogen) atoms. The van der Waals surface area contributed by atoms with Gasteiger partial charge in [0.15, 0.2) is 0 Å². The van der Waals surface area contributed by atoms with E-state index in [1.54, 1.807) is 0 Å². The molecule has 2 heteroatoms. The molecule has 0 unspecified atom stereocenters. The fraction of sp³-hybridized carbons (Fsp3) is 0.0303. The van der Waals surface area contributed by atoms with Gasteiger partial charge in [0.25, 0.3) is 0 Å². The van der Waals surface area contributed by atoms with E-state index in [1.165, 1.54) is 49.1 Å². The Kier molecular flexibility index (Phi) is 4.25. The van der Waals surface area contributed by atoms with Crippen molar-refractivity contribution in [1.29, 1.82) is 0 Å². The molecule has 0 fully saturated rings. The molecule has 5 aromatic rings. The third kappa shape index (κ3) is 2.46. The summed E-state index contributed by atoms with van der Waals surface area (Å²) in [6.45, 7) is -1.39. The maximum absolute atomic E-state index is 7.55. The first-order chi connectivity index (χ1) is 17.2. The summed E-state index contributed by atoms with van der Waals surface area (Å²) in [5.74, 6) is 0.965. The average Bonchev–Trinajstić information content (AvgIpc) is 3.38. The van der Waals surface area contributed by atoms with E-state index in [0.717, 1.165) is 5.75 Å². The Hall–Kier alpha value is -3.93. The zero-order valence-electron chi connectivity index (χ0n) is 19.6. The Morgan fingerprint density at radius 3 is 1.71 bits per heavy atom. The van der Waals surface area contributed by atoms with E-state index in [-0.39, 0.29) is 0 Å². The predicted octanol–water partition coefficient (Wildman–Crippen LogP) is 7.06. The summed E-state index contributed by atoms with van der Waals surface area (Å²) in [6, 6.07) is 48.3. The van der Waals surface area contributed by atoms with Gasteiger partial charge in [0, 0.05) is 0 Å². The Bertz CT molecular complexity index is 1580. The second-order valence-electron chi connectivity index (χ2n) is 9.40. The fourth-order valence-corrected chi connectivity index (χ4v) is 12.5. The van der Waals surface area contributed by atoms with Gasteiger partial charge in [0.05, 0.1) is 0 Å². The van der Waals surface area contributed by atoms with Gasteiger partial charge >= 0.3 is 207 Å². The van der Waals surface area contributed by atoms with Crippen molar-refractivity contribution in [3.05, 3.63) is 156 Å². The first kappa shape index (κ1) is 20.4. The number of rotatable bonds is 3. The van der Waals surface area contributed by atoms with Gasteiger partial charge in [-0.1, -0.05) is 0 Å². The van der Waals surface area contributed by atoms with Crippen molar-refractivity contribution >= 4 is 33.6 Å². The van der Waals surface area contributed by atoms with Crippen LogP contribution in [0, 0.1) is 6.92 Å². The quantitative estimate of drug-likeness (QED) is 0.258. The molecule has 7 rings (SSSR count). The summed E-state index contributed by atoms with van der Waals surface area (Å²) in [5.41, 5.74) is 6.25. The first-order valence-electron chi connectivity index (χ1n) is 12.1. The minimum atomic E-state index is -3.54. The van der Waals surface area contributed by atoms with Crippen molar-refractivity contribution in [3.63, 3.8) is 0 Å². The molecule has 0 atom stereocenters. The van der Waals surface area contributed by atoms with Gasteiger partial charge in [0.1, 0.15) is 0 Å². The molecule has 2 aliphatic heterocycles. The molecule has 168 valence electrons. The first-order valence-corrected chi connectivity index (χ1v) is 14.2. The third-order valence-electron chi connectivity index (χ3n) is 7.56. The number of fused-ring (bicyclic) bond motifs is 5. The van der Waals surface area contributed by atoms with Gasteiger partial charge in [-0.25, -0.2) is 0 Å². The maximum atomic E-state index is 7.55. The molecule has 5 aromatic carbocycles. The Morgan fingerprint density at radius 1 is 0.514 bits per heavy atom. The molecule has 0 amide bonds. The van der Waals surface area contributed by atoms with Gasteiger partial charge in [-0.2, -0.15) is 0 Å². The molecule has 0 saturated carbocycles. The molecular weight excluding hydrogens is 443 g/mol. The average molecular weight is 469 g/mol. The number of aryl methyl sites for hydroxylation is 1. The van der Waals surface area contributed by atoms with E-state index in [9.17, 15) is 0 Å². The van der Waals surface area contributed by atoms with Crippen molar-refractivity contribution < 1.29 is 4.52 Å². The molecule has 2 heterocycles. The molecule has 0 saturated heterocycles. The predicted molar refractivity (Wildman–Crippen MR) is 149 cm³/mol. The third-order valence-corrected chi connectivity index (χ3v) is 13.3. The summed E-state index contributed by atoms with van der Waals surface area (Å²) in [6.07, 6.45) is 0. The van der Waals surface area contributed by atoms with Crippen molar-refractivity contribution in [1.82, 2.24) is 0 Å². The summed E-state index contributed by atoms with van der Waals surface area (Å²) in [4.78, 5) is 0. The normalized spacial score (nSPS) is 17.5.